The van der Waals surface area contributed by atoms with Crippen LogP contribution in [0.1, 0.15) is 27.0 Å². The predicted octanol–water partition coefficient (Wildman–Crippen LogP) is 4.23. The van der Waals surface area contributed by atoms with E-state index in [1.807, 2.05) is 0 Å². The van der Waals surface area contributed by atoms with Crippen molar-refractivity contribution in [1.82, 2.24) is 14.9 Å². The van der Waals surface area contributed by atoms with E-state index >= 15 is 0 Å². The monoisotopic (exact) mass is 522 g/mol. The second-order valence-electron chi connectivity index (χ2n) is 8.18. The predicted molar refractivity (Wildman–Crippen MR) is 132 cm³/mol. The summed E-state index contributed by atoms with van der Waals surface area (Å²) < 4.78 is 66.7. The molecular formula is C23H25F3N6O3S. The minimum atomic E-state index is -4.73. The quantitative estimate of drug-likeness (QED) is 0.405. The van der Waals surface area contributed by atoms with Crippen LogP contribution in [0.25, 0.3) is 0 Å². The molecule has 0 bridgehead atoms. The highest BCUT2D eigenvalue weighted by atomic mass is 32.2. The fourth-order valence-corrected chi connectivity index (χ4v) is 3.86. The van der Waals surface area contributed by atoms with Gasteiger partial charge in [-0.1, -0.05) is 12.1 Å². The van der Waals surface area contributed by atoms with Crippen LogP contribution < -0.4 is 15.4 Å². The number of alkyl halides is 3. The lowest BCUT2D eigenvalue weighted by Gasteiger charge is -2.17. The normalized spacial score (nSPS) is 11.6. The van der Waals surface area contributed by atoms with E-state index in [4.69, 9.17) is 0 Å². The van der Waals surface area contributed by atoms with Gasteiger partial charge in [0.1, 0.15) is 11.4 Å². The van der Waals surface area contributed by atoms with Crippen molar-refractivity contribution >= 4 is 39.1 Å². The number of carbonyl (C=O) groups is 1. The van der Waals surface area contributed by atoms with E-state index in [0.29, 0.717) is 28.6 Å². The van der Waals surface area contributed by atoms with E-state index < -0.39 is 27.6 Å². The molecule has 1 aromatic heterocycles. The van der Waals surface area contributed by atoms with Crippen LogP contribution in [0, 0.1) is 6.92 Å². The van der Waals surface area contributed by atoms with Crippen LogP contribution in [0.2, 0.25) is 0 Å². The van der Waals surface area contributed by atoms with Crippen molar-refractivity contribution in [2.45, 2.75) is 19.6 Å². The van der Waals surface area contributed by atoms with E-state index in [0.717, 1.165) is 6.26 Å². The first-order chi connectivity index (χ1) is 16.7. The Kier molecular flexibility index (Phi) is 7.72. The van der Waals surface area contributed by atoms with E-state index in [1.54, 1.807) is 57.4 Å². The molecule has 0 aliphatic heterocycles. The number of carbonyl (C=O) groups excluding carboxylic acids is 1. The van der Waals surface area contributed by atoms with Gasteiger partial charge in [0, 0.05) is 38.1 Å². The molecule has 9 nitrogen and oxygen atoms in total. The molecule has 0 aliphatic rings. The topological polar surface area (TPSA) is 116 Å². The third-order valence-electron chi connectivity index (χ3n) is 5.03. The van der Waals surface area contributed by atoms with Gasteiger partial charge in [0.05, 0.1) is 11.9 Å². The Balaban J connectivity index is 1.88. The molecule has 1 amide bonds. The number of hydrogen-bond donors (Lipinski definition) is 3. The van der Waals surface area contributed by atoms with Crippen LogP contribution in [0.15, 0.2) is 48.7 Å². The third kappa shape index (κ3) is 6.84. The number of rotatable bonds is 8. The maximum atomic E-state index is 13.6. The van der Waals surface area contributed by atoms with Gasteiger partial charge in [-0.3, -0.25) is 9.52 Å². The van der Waals surface area contributed by atoms with Crippen molar-refractivity contribution in [3.63, 3.8) is 0 Å². The van der Waals surface area contributed by atoms with Crippen LogP contribution >= 0.6 is 0 Å². The Morgan fingerprint density at radius 1 is 1.08 bits per heavy atom. The molecule has 0 atom stereocenters. The molecule has 0 unspecified atom stereocenters. The summed E-state index contributed by atoms with van der Waals surface area (Å²) in [7, 11) is -0.360. The van der Waals surface area contributed by atoms with Gasteiger partial charge in [-0.15, -0.1) is 0 Å². The highest BCUT2D eigenvalue weighted by Crippen LogP contribution is 2.34. The molecule has 192 valence electrons. The molecule has 0 aliphatic carbocycles. The highest BCUT2D eigenvalue weighted by molar-refractivity contribution is 7.92. The first-order valence-corrected chi connectivity index (χ1v) is 12.5. The molecule has 0 saturated carbocycles. The lowest BCUT2D eigenvalue weighted by Crippen LogP contribution is -2.21. The summed E-state index contributed by atoms with van der Waals surface area (Å²) in [6.07, 6.45) is -3.08. The maximum absolute atomic E-state index is 13.6. The van der Waals surface area contributed by atoms with Crippen molar-refractivity contribution in [2.24, 2.45) is 0 Å². The Labute approximate surface area is 206 Å². The average molecular weight is 523 g/mol. The SMILES string of the molecule is Cc1cccc(NS(C)(=O)=O)c1CNc1nc(Nc2ccc(C(=O)N(C)C)cc2)ncc1C(F)(F)F. The van der Waals surface area contributed by atoms with Crippen molar-refractivity contribution in [1.29, 1.82) is 0 Å². The second-order valence-corrected chi connectivity index (χ2v) is 9.93. The zero-order valence-corrected chi connectivity index (χ0v) is 20.8. The van der Waals surface area contributed by atoms with Gasteiger partial charge in [0.25, 0.3) is 5.91 Å². The summed E-state index contributed by atoms with van der Waals surface area (Å²) in [5, 5.41) is 5.49. The van der Waals surface area contributed by atoms with Gasteiger partial charge >= 0.3 is 6.18 Å². The number of halogens is 3. The highest BCUT2D eigenvalue weighted by Gasteiger charge is 2.35. The summed E-state index contributed by atoms with van der Waals surface area (Å²) in [5.41, 5.74) is 1.21. The molecule has 2 aromatic carbocycles. The van der Waals surface area contributed by atoms with Gasteiger partial charge in [-0.25, -0.2) is 13.4 Å². The number of aryl methyl sites for hydroxylation is 1. The molecule has 3 N–H and O–H groups in total. The summed E-state index contributed by atoms with van der Waals surface area (Å²) >= 11 is 0. The molecule has 0 spiro atoms. The van der Waals surface area contributed by atoms with Gasteiger partial charge in [0.15, 0.2) is 0 Å². The van der Waals surface area contributed by atoms with Gasteiger partial charge < -0.3 is 15.5 Å². The van der Waals surface area contributed by atoms with Crippen molar-refractivity contribution in [2.75, 3.05) is 35.7 Å². The lowest BCUT2D eigenvalue weighted by molar-refractivity contribution is -0.137. The largest absolute Gasteiger partial charge is 0.421 e. The van der Waals surface area contributed by atoms with Crippen LogP contribution in [0.3, 0.4) is 0 Å². The number of anilines is 4. The molecule has 1 heterocycles. The van der Waals surface area contributed by atoms with E-state index in [2.05, 4.69) is 25.3 Å². The number of sulfonamides is 1. The second kappa shape index (κ2) is 10.4. The Hall–Kier alpha value is -3.87. The molecule has 36 heavy (non-hydrogen) atoms. The van der Waals surface area contributed by atoms with E-state index in [1.165, 1.54) is 11.0 Å². The summed E-state index contributed by atoms with van der Waals surface area (Å²) in [5.74, 6) is -0.774. The van der Waals surface area contributed by atoms with E-state index in [9.17, 15) is 26.4 Å². The van der Waals surface area contributed by atoms with Crippen LogP contribution in [0.5, 0.6) is 0 Å². The van der Waals surface area contributed by atoms with Gasteiger partial charge in [-0.2, -0.15) is 18.2 Å². The molecular weight excluding hydrogens is 497 g/mol. The average Bonchev–Trinajstić information content (AvgIpc) is 2.77. The third-order valence-corrected chi connectivity index (χ3v) is 5.62. The Morgan fingerprint density at radius 3 is 2.33 bits per heavy atom. The first-order valence-electron chi connectivity index (χ1n) is 10.6. The standard InChI is InChI=1S/C23H25F3N6O3S/c1-14-6-5-7-19(31-36(4,34)35)17(14)12-27-20-18(23(24,25)26)13-28-22(30-20)29-16-10-8-15(9-11-16)21(33)32(2)3/h5-11,13,31H,12H2,1-4H3,(H2,27,28,29,30). The van der Waals surface area contributed by atoms with Crippen molar-refractivity contribution < 1.29 is 26.4 Å². The summed E-state index contributed by atoms with van der Waals surface area (Å²) in [6.45, 7) is 1.58. The zero-order chi connectivity index (χ0) is 26.7. The minimum absolute atomic E-state index is 0.101. The summed E-state index contributed by atoms with van der Waals surface area (Å²) in [6, 6.07) is 11.2. The number of nitrogens with zero attached hydrogens (tertiary/aromatic N) is 3. The number of nitrogens with one attached hydrogen (secondary N) is 3. The van der Waals surface area contributed by atoms with Crippen molar-refractivity contribution in [3.8, 4) is 0 Å². The smallest absolute Gasteiger partial charge is 0.365 e. The molecule has 0 saturated heterocycles. The first kappa shape index (κ1) is 26.7. The van der Waals surface area contributed by atoms with Crippen molar-refractivity contribution in [3.05, 3.63) is 70.9 Å². The number of amides is 1. The minimum Gasteiger partial charge on any atom is -0.365 e. The van der Waals surface area contributed by atoms with Crippen LogP contribution in [-0.4, -0.2) is 49.5 Å². The molecule has 13 heteroatoms. The zero-order valence-electron chi connectivity index (χ0n) is 19.9. The molecule has 0 radical (unpaired) electrons. The number of hydrogen-bond acceptors (Lipinski definition) is 7. The van der Waals surface area contributed by atoms with Crippen LogP contribution in [0.4, 0.5) is 36.3 Å². The maximum Gasteiger partial charge on any atom is 0.421 e. The fraction of sp³-hybridized carbons (Fsp3) is 0.261. The Morgan fingerprint density at radius 2 is 1.75 bits per heavy atom. The fourth-order valence-electron chi connectivity index (χ4n) is 3.27. The van der Waals surface area contributed by atoms with Gasteiger partial charge in [0.2, 0.25) is 16.0 Å². The number of benzene rings is 2. The lowest BCUT2D eigenvalue weighted by atomic mass is 10.1. The number of aromatic nitrogens is 2. The summed E-state index contributed by atoms with van der Waals surface area (Å²) in [4.78, 5) is 21.2. The molecule has 3 rings (SSSR count). The molecule has 0 fully saturated rings. The Bertz CT molecular complexity index is 1360. The molecule has 3 aromatic rings. The van der Waals surface area contributed by atoms with Gasteiger partial charge in [-0.05, 0) is 48.4 Å². The van der Waals surface area contributed by atoms with E-state index in [-0.39, 0.29) is 24.1 Å². The van der Waals surface area contributed by atoms with Crippen LogP contribution in [-0.2, 0) is 22.7 Å².